The van der Waals surface area contributed by atoms with E-state index in [2.05, 4.69) is 9.97 Å². The molecular formula is C8H12ClN3O2. The topological polar surface area (TPSA) is 81.3 Å². The number of aryl methyl sites for hydroxylation is 1. The molecule has 0 amide bonds. The van der Waals surface area contributed by atoms with E-state index in [0.717, 1.165) is 0 Å². The van der Waals surface area contributed by atoms with Crippen molar-refractivity contribution >= 4 is 17.3 Å². The van der Waals surface area contributed by atoms with Crippen molar-refractivity contribution in [2.75, 3.05) is 18.9 Å². The first kappa shape index (κ1) is 11.0. The molecule has 1 heterocycles. The highest BCUT2D eigenvalue weighted by Crippen LogP contribution is 2.22. The number of nitrogens with two attached hydrogens (primary N) is 1. The Morgan fingerprint density at radius 2 is 2.21 bits per heavy atom. The van der Waals surface area contributed by atoms with Crippen molar-refractivity contribution in [1.82, 2.24) is 9.97 Å². The molecule has 0 saturated carbocycles. The van der Waals surface area contributed by atoms with Crippen molar-refractivity contribution in [3.63, 3.8) is 0 Å². The first-order valence-corrected chi connectivity index (χ1v) is 4.56. The van der Waals surface area contributed by atoms with E-state index in [9.17, 15) is 0 Å². The molecule has 0 bridgehead atoms. The van der Waals surface area contributed by atoms with Crippen LogP contribution in [0.3, 0.4) is 0 Å². The second-order valence-electron chi connectivity index (χ2n) is 2.72. The lowest BCUT2D eigenvalue weighted by Gasteiger charge is -2.08. The normalized spacial score (nSPS) is 10.2. The molecule has 1 rings (SSSR count). The van der Waals surface area contributed by atoms with Gasteiger partial charge in [-0.25, -0.2) is 4.98 Å². The van der Waals surface area contributed by atoms with Gasteiger partial charge in [-0.2, -0.15) is 4.98 Å². The molecule has 5 nitrogen and oxygen atoms in total. The van der Waals surface area contributed by atoms with Gasteiger partial charge in [-0.3, -0.25) is 0 Å². The number of nitrogens with zero attached hydrogens (tertiary/aromatic N) is 2. The van der Waals surface area contributed by atoms with Crippen LogP contribution in [0, 0.1) is 6.92 Å². The summed E-state index contributed by atoms with van der Waals surface area (Å²) in [4.78, 5) is 7.69. The number of anilines is 1. The van der Waals surface area contributed by atoms with Crippen LogP contribution in [0.1, 0.15) is 12.1 Å². The third-order valence-electron chi connectivity index (χ3n) is 1.62. The summed E-state index contributed by atoms with van der Waals surface area (Å²) in [5.41, 5.74) is 6.63. The van der Waals surface area contributed by atoms with Gasteiger partial charge in [0, 0.05) is 13.0 Å². The average Bonchev–Trinajstić information content (AvgIpc) is 2.13. The van der Waals surface area contributed by atoms with Gasteiger partial charge in [0.2, 0.25) is 11.2 Å². The predicted octanol–water partition coefficient (Wildman–Crippen LogP) is 0.782. The first-order chi connectivity index (χ1) is 6.65. The Labute approximate surface area is 86.9 Å². The van der Waals surface area contributed by atoms with Crippen LogP contribution in [0.15, 0.2) is 0 Å². The van der Waals surface area contributed by atoms with E-state index >= 15 is 0 Å². The summed E-state index contributed by atoms with van der Waals surface area (Å²) in [5.74, 6) is 0.274. The Balaban J connectivity index is 2.75. The maximum atomic E-state index is 8.55. The number of ether oxygens (including phenoxy) is 1. The van der Waals surface area contributed by atoms with E-state index in [-0.39, 0.29) is 17.8 Å². The SMILES string of the molecule is Cc1nc(Cl)nc(OCCCO)c1N. The van der Waals surface area contributed by atoms with Crippen LogP contribution in [0.5, 0.6) is 5.88 Å². The molecule has 1 aromatic rings. The van der Waals surface area contributed by atoms with Crippen molar-refractivity contribution in [1.29, 1.82) is 0 Å². The number of hydrogen-bond acceptors (Lipinski definition) is 5. The van der Waals surface area contributed by atoms with Crippen LogP contribution in [0.25, 0.3) is 0 Å². The van der Waals surface area contributed by atoms with Crippen LogP contribution < -0.4 is 10.5 Å². The van der Waals surface area contributed by atoms with Crippen molar-refractivity contribution in [3.05, 3.63) is 11.0 Å². The third kappa shape index (κ3) is 2.71. The number of aliphatic hydroxyl groups excluding tert-OH is 1. The molecule has 0 fully saturated rings. The highest BCUT2D eigenvalue weighted by Gasteiger charge is 2.08. The smallest absolute Gasteiger partial charge is 0.241 e. The third-order valence-corrected chi connectivity index (χ3v) is 1.78. The molecule has 0 radical (unpaired) electrons. The predicted molar refractivity (Wildman–Crippen MR) is 53.4 cm³/mol. The van der Waals surface area contributed by atoms with E-state index in [1.165, 1.54) is 0 Å². The molecule has 0 spiro atoms. The zero-order chi connectivity index (χ0) is 10.6. The van der Waals surface area contributed by atoms with Crippen LogP contribution in [0.2, 0.25) is 5.28 Å². The Bertz CT molecular complexity index is 320. The summed E-state index contributed by atoms with van der Waals surface area (Å²) >= 11 is 5.63. The molecule has 78 valence electrons. The van der Waals surface area contributed by atoms with Gasteiger partial charge in [0.1, 0.15) is 5.69 Å². The molecule has 0 aromatic carbocycles. The van der Waals surface area contributed by atoms with E-state index in [1.54, 1.807) is 6.92 Å². The maximum absolute atomic E-state index is 8.55. The number of nitrogen functional groups attached to an aromatic ring is 1. The number of hydrogen-bond donors (Lipinski definition) is 2. The van der Waals surface area contributed by atoms with Crippen molar-refractivity contribution in [3.8, 4) is 5.88 Å². The fourth-order valence-electron chi connectivity index (χ4n) is 0.866. The second kappa shape index (κ2) is 4.97. The summed E-state index contributed by atoms with van der Waals surface area (Å²) in [6.07, 6.45) is 0.528. The van der Waals surface area contributed by atoms with Gasteiger partial charge in [-0.05, 0) is 18.5 Å². The molecule has 0 aliphatic carbocycles. The number of aliphatic hydroxyl groups is 1. The van der Waals surface area contributed by atoms with E-state index in [4.69, 9.17) is 27.2 Å². The summed E-state index contributed by atoms with van der Waals surface area (Å²) in [5, 5.41) is 8.66. The number of rotatable bonds is 4. The molecule has 0 aliphatic rings. The Hall–Kier alpha value is -1.07. The molecule has 14 heavy (non-hydrogen) atoms. The van der Waals surface area contributed by atoms with Gasteiger partial charge in [0.05, 0.1) is 12.3 Å². The lowest BCUT2D eigenvalue weighted by Crippen LogP contribution is -2.06. The monoisotopic (exact) mass is 217 g/mol. The molecule has 6 heteroatoms. The standard InChI is InChI=1S/C8H12ClN3O2/c1-5-6(10)7(12-8(9)11-5)14-4-2-3-13/h13H,2-4,10H2,1H3. The Kier molecular flexibility index (Phi) is 3.91. The molecular weight excluding hydrogens is 206 g/mol. The molecule has 0 atom stereocenters. The van der Waals surface area contributed by atoms with Gasteiger partial charge in [0.15, 0.2) is 0 Å². The highest BCUT2D eigenvalue weighted by atomic mass is 35.5. The zero-order valence-corrected chi connectivity index (χ0v) is 8.58. The minimum Gasteiger partial charge on any atom is -0.476 e. The fourth-order valence-corrected chi connectivity index (χ4v) is 1.07. The number of halogens is 1. The second-order valence-corrected chi connectivity index (χ2v) is 3.06. The largest absolute Gasteiger partial charge is 0.476 e. The van der Waals surface area contributed by atoms with Gasteiger partial charge in [-0.15, -0.1) is 0 Å². The zero-order valence-electron chi connectivity index (χ0n) is 7.83. The van der Waals surface area contributed by atoms with Crippen LogP contribution >= 0.6 is 11.6 Å². The lowest BCUT2D eigenvalue weighted by molar-refractivity contribution is 0.230. The van der Waals surface area contributed by atoms with Crippen LogP contribution in [-0.4, -0.2) is 28.3 Å². The fraction of sp³-hybridized carbons (Fsp3) is 0.500. The maximum Gasteiger partial charge on any atom is 0.241 e. The van der Waals surface area contributed by atoms with E-state index < -0.39 is 0 Å². The van der Waals surface area contributed by atoms with Gasteiger partial charge in [-0.1, -0.05) is 0 Å². The lowest BCUT2D eigenvalue weighted by atomic mass is 10.4. The van der Waals surface area contributed by atoms with Crippen molar-refractivity contribution < 1.29 is 9.84 Å². The van der Waals surface area contributed by atoms with Gasteiger partial charge < -0.3 is 15.6 Å². The van der Waals surface area contributed by atoms with Crippen LogP contribution in [0.4, 0.5) is 5.69 Å². The molecule has 0 aliphatic heterocycles. The quantitative estimate of drug-likeness (QED) is 0.576. The van der Waals surface area contributed by atoms with Gasteiger partial charge in [0.25, 0.3) is 0 Å². The van der Waals surface area contributed by atoms with E-state index in [0.29, 0.717) is 24.4 Å². The van der Waals surface area contributed by atoms with E-state index in [1.807, 2.05) is 0 Å². The molecule has 0 saturated heterocycles. The summed E-state index contributed by atoms with van der Waals surface area (Å²) in [6.45, 7) is 2.15. The highest BCUT2D eigenvalue weighted by molar-refractivity contribution is 6.28. The molecule has 1 aromatic heterocycles. The molecule has 0 unspecified atom stereocenters. The Morgan fingerprint density at radius 1 is 1.50 bits per heavy atom. The minimum absolute atomic E-state index is 0.0672. The van der Waals surface area contributed by atoms with Gasteiger partial charge >= 0.3 is 0 Å². The first-order valence-electron chi connectivity index (χ1n) is 4.18. The summed E-state index contributed by atoms with van der Waals surface area (Å²) in [7, 11) is 0. The summed E-state index contributed by atoms with van der Waals surface area (Å²) < 4.78 is 5.22. The van der Waals surface area contributed by atoms with Crippen LogP contribution in [-0.2, 0) is 0 Å². The number of aromatic nitrogens is 2. The molecule has 3 N–H and O–H groups in total. The van der Waals surface area contributed by atoms with Crippen molar-refractivity contribution in [2.24, 2.45) is 0 Å². The summed E-state index contributed by atoms with van der Waals surface area (Å²) in [6, 6.07) is 0. The average molecular weight is 218 g/mol. The minimum atomic E-state index is 0.0672. The Morgan fingerprint density at radius 3 is 2.86 bits per heavy atom. The van der Waals surface area contributed by atoms with Crippen molar-refractivity contribution in [2.45, 2.75) is 13.3 Å².